The van der Waals surface area contributed by atoms with Crippen molar-refractivity contribution in [2.24, 2.45) is 5.10 Å². The fourth-order valence-electron chi connectivity index (χ4n) is 3.79. The summed E-state index contributed by atoms with van der Waals surface area (Å²) in [5.41, 5.74) is 4.51. The number of hydrogen-bond donors (Lipinski definition) is 4. The topological polar surface area (TPSA) is 140 Å². The number of carbonyl (C=O) groups is 2. The Morgan fingerprint density at radius 3 is 2.64 bits per heavy atom. The van der Waals surface area contributed by atoms with E-state index in [0.29, 0.717) is 52.3 Å². The van der Waals surface area contributed by atoms with Crippen LogP contribution in [0.3, 0.4) is 0 Å². The van der Waals surface area contributed by atoms with Crippen molar-refractivity contribution in [1.29, 1.82) is 0 Å². The highest BCUT2D eigenvalue weighted by Crippen LogP contribution is 2.35. The number of hydrazone groups is 1. The number of aliphatic hydroxyl groups excluding tert-OH is 1. The molecule has 0 bridgehead atoms. The van der Waals surface area contributed by atoms with E-state index in [0.717, 1.165) is 3.57 Å². The number of ether oxygens (including phenoxy) is 4. The Balaban J connectivity index is 1.72. The maximum atomic E-state index is 12.4. The first-order chi connectivity index (χ1) is 18.7. The average molecular weight is 673 g/mol. The van der Waals surface area contributed by atoms with Crippen LogP contribution in [0.2, 0.25) is 5.02 Å². The fourth-order valence-corrected chi connectivity index (χ4v) is 5.00. The van der Waals surface area contributed by atoms with E-state index in [4.69, 9.17) is 30.5 Å². The minimum Gasteiger partial charge on any atom is -0.492 e. The maximum Gasteiger partial charge on any atom is 0.337 e. The van der Waals surface area contributed by atoms with Gasteiger partial charge in [0.05, 0.1) is 41.7 Å². The Labute approximate surface area is 245 Å². The number of nitrogens with zero attached hydrogens (tertiary/aromatic N) is 1. The highest BCUT2D eigenvalue weighted by Gasteiger charge is 2.32. The van der Waals surface area contributed by atoms with Gasteiger partial charge in [-0.3, -0.25) is 5.43 Å². The summed E-state index contributed by atoms with van der Waals surface area (Å²) < 4.78 is 22.9. The molecule has 39 heavy (non-hydrogen) atoms. The predicted octanol–water partition coefficient (Wildman–Crippen LogP) is 3.86. The molecule has 1 aliphatic rings. The lowest BCUT2D eigenvalue weighted by atomic mass is 9.95. The molecule has 1 aliphatic heterocycles. The van der Waals surface area contributed by atoms with Gasteiger partial charge in [0.25, 0.3) is 0 Å². The van der Waals surface area contributed by atoms with E-state index in [1.165, 1.54) is 13.3 Å². The van der Waals surface area contributed by atoms with Crippen molar-refractivity contribution in [2.75, 3.05) is 26.9 Å². The molecule has 1 heterocycles. The van der Waals surface area contributed by atoms with Crippen molar-refractivity contribution in [3.8, 4) is 17.2 Å². The molecule has 2 aromatic rings. The number of rotatable bonds is 12. The van der Waals surface area contributed by atoms with Gasteiger partial charge >= 0.3 is 12.0 Å². The normalized spacial score (nSPS) is 15.9. The average Bonchev–Trinajstić information content (AvgIpc) is 2.89. The molecular weight excluding hydrogens is 643 g/mol. The van der Waals surface area contributed by atoms with Gasteiger partial charge in [-0.25, -0.2) is 9.59 Å². The van der Waals surface area contributed by atoms with Gasteiger partial charge in [0.15, 0.2) is 17.7 Å². The zero-order valence-corrected chi connectivity index (χ0v) is 24.8. The Bertz CT molecular complexity index is 1270. The number of esters is 1. The second kappa shape index (κ2) is 14.2. The molecule has 0 aliphatic carbocycles. The smallest absolute Gasteiger partial charge is 0.337 e. The molecule has 0 unspecified atom stereocenters. The Kier molecular flexibility index (Phi) is 11.1. The molecule has 2 atom stereocenters. The minimum absolute atomic E-state index is 0.154. The molecule has 0 saturated carbocycles. The Morgan fingerprint density at radius 1 is 1.21 bits per heavy atom. The van der Waals surface area contributed by atoms with Crippen molar-refractivity contribution in [3.63, 3.8) is 0 Å². The number of carbonyl (C=O) groups excluding carboxylic acids is 2. The lowest BCUT2D eigenvalue weighted by Gasteiger charge is -2.28. The molecule has 0 saturated heterocycles. The van der Waals surface area contributed by atoms with Gasteiger partial charge in [0, 0.05) is 16.3 Å². The number of benzene rings is 2. The zero-order valence-electron chi connectivity index (χ0n) is 21.8. The summed E-state index contributed by atoms with van der Waals surface area (Å²) in [6, 6.07) is 7.30. The van der Waals surface area contributed by atoms with Crippen molar-refractivity contribution in [3.05, 3.63) is 61.3 Å². The molecule has 0 radical (unpaired) electrons. The first kappa shape index (κ1) is 30.3. The molecule has 13 heteroatoms. The fraction of sp³-hybridized carbons (Fsp3) is 0.346. The molecule has 0 spiro atoms. The van der Waals surface area contributed by atoms with Gasteiger partial charge in [-0.2, -0.15) is 5.10 Å². The van der Waals surface area contributed by atoms with Crippen molar-refractivity contribution < 1.29 is 33.6 Å². The molecule has 0 fully saturated rings. The third-order valence-electron chi connectivity index (χ3n) is 5.43. The van der Waals surface area contributed by atoms with E-state index in [-0.39, 0.29) is 12.2 Å². The monoisotopic (exact) mass is 672 g/mol. The molecule has 4 N–H and O–H groups in total. The van der Waals surface area contributed by atoms with Gasteiger partial charge in [-0.15, -0.1) is 0 Å². The molecule has 0 aromatic heterocycles. The van der Waals surface area contributed by atoms with Crippen LogP contribution >= 0.6 is 34.2 Å². The van der Waals surface area contributed by atoms with E-state index in [2.05, 4.69) is 43.8 Å². The van der Waals surface area contributed by atoms with Crippen LogP contribution in [0, 0.1) is 3.57 Å². The second-order valence-corrected chi connectivity index (χ2v) is 9.75. The van der Waals surface area contributed by atoms with Crippen LogP contribution in [-0.4, -0.2) is 56.5 Å². The number of aliphatic hydroxyl groups is 1. The third-order valence-corrected chi connectivity index (χ3v) is 6.44. The number of hydrogen-bond acceptors (Lipinski definition) is 9. The summed E-state index contributed by atoms with van der Waals surface area (Å²) in [4.78, 5) is 24.5. The lowest BCUT2D eigenvalue weighted by Crippen LogP contribution is -2.45. The van der Waals surface area contributed by atoms with Crippen molar-refractivity contribution in [1.82, 2.24) is 16.1 Å². The Morgan fingerprint density at radius 2 is 1.95 bits per heavy atom. The van der Waals surface area contributed by atoms with Gasteiger partial charge < -0.3 is 34.7 Å². The summed E-state index contributed by atoms with van der Waals surface area (Å²) in [5.74, 6) is 0.800. The van der Waals surface area contributed by atoms with Gasteiger partial charge in [0.1, 0.15) is 12.4 Å². The SMILES string of the molecule is CCOc1cc([C@H]2NC(=O)NC(C)=C2C(=O)OC)ccc1OC[C@@H](O)N/N=C/c1cc(Cl)cc(I)c1OCC. The standard InChI is InChI=1S/C26H30ClIN4O7/c1-5-37-20-10-15(23-22(25(34)36-4)14(3)30-26(35)31-23)7-8-19(20)39-13-21(33)32-29-12-16-9-17(27)11-18(28)24(16)38-6-2/h7-12,21,23,32-33H,5-6,13H2,1-4H3,(H2,30,31,35)/b29-12+/t21-,23-/m1/s1. The first-order valence-corrected chi connectivity index (χ1v) is 13.5. The molecule has 210 valence electrons. The summed E-state index contributed by atoms with van der Waals surface area (Å²) in [5, 5.41) is 20.3. The van der Waals surface area contributed by atoms with Crippen LogP contribution in [0.1, 0.15) is 37.9 Å². The van der Waals surface area contributed by atoms with E-state index in [1.807, 2.05) is 13.8 Å². The number of amides is 2. The maximum absolute atomic E-state index is 12.4. The van der Waals surface area contributed by atoms with Crippen LogP contribution in [0.15, 0.2) is 46.7 Å². The molecule has 2 amide bonds. The number of halogens is 2. The van der Waals surface area contributed by atoms with Gasteiger partial charge in [-0.05, 0) is 73.2 Å². The van der Waals surface area contributed by atoms with Crippen LogP contribution in [0.25, 0.3) is 0 Å². The van der Waals surface area contributed by atoms with Crippen LogP contribution in [0.5, 0.6) is 17.2 Å². The second-order valence-electron chi connectivity index (χ2n) is 8.15. The lowest BCUT2D eigenvalue weighted by molar-refractivity contribution is -0.136. The number of urea groups is 1. The number of methoxy groups -OCH3 is 1. The highest BCUT2D eigenvalue weighted by atomic mass is 127. The molecule has 3 rings (SSSR count). The summed E-state index contributed by atoms with van der Waals surface area (Å²) in [6.07, 6.45) is 0.356. The van der Waals surface area contributed by atoms with Crippen molar-refractivity contribution >= 4 is 52.4 Å². The zero-order chi connectivity index (χ0) is 28.5. The number of allylic oxidation sites excluding steroid dienone is 1. The van der Waals surface area contributed by atoms with Crippen LogP contribution in [0.4, 0.5) is 4.79 Å². The van der Waals surface area contributed by atoms with E-state index in [9.17, 15) is 14.7 Å². The summed E-state index contributed by atoms with van der Waals surface area (Å²) in [7, 11) is 1.27. The Hall–Kier alpha value is -3.23. The predicted molar refractivity (Wildman–Crippen MR) is 154 cm³/mol. The summed E-state index contributed by atoms with van der Waals surface area (Å²) >= 11 is 8.29. The van der Waals surface area contributed by atoms with Gasteiger partial charge in [0.2, 0.25) is 0 Å². The summed E-state index contributed by atoms with van der Waals surface area (Å²) in [6.45, 7) is 5.98. The molecule has 11 nitrogen and oxygen atoms in total. The largest absolute Gasteiger partial charge is 0.492 e. The first-order valence-electron chi connectivity index (χ1n) is 12.0. The molecular formula is C26H30ClIN4O7. The number of nitrogens with one attached hydrogen (secondary N) is 3. The third kappa shape index (κ3) is 7.90. The quantitative estimate of drug-likeness (QED) is 0.0877. The van der Waals surface area contributed by atoms with Crippen LogP contribution in [-0.2, 0) is 9.53 Å². The van der Waals surface area contributed by atoms with E-state index in [1.54, 1.807) is 37.3 Å². The highest BCUT2D eigenvalue weighted by molar-refractivity contribution is 14.1. The van der Waals surface area contributed by atoms with Gasteiger partial charge in [-0.1, -0.05) is 17.7 Å². The van der Waals surface area contributed by atoms with Crippen LogP contribution < -0.4 is 30.3 Å². The van der Waals surface area contributed by atoms with E-state index < -0.39 is 24.3 Å². The van der Waals surface area contributed by atoms with E-state index >= 15 is 0 Å². The molecule has 2 aromatic carbocycles. The minimum atomic E-state index is -1.15. The van der Waals surface area contributed by atoms with Crippen molar-refractivity contribution in [2.45, 2.75) is 33.0 Å².